The SMILES string of the molecule is C[C@@H]1CN(CCOc2ccccc2N)C[C@H](C)O1. The number of rotatable bonds is 4. The average molecular weight is 250 g/mol. The van der Waals surface area contributed by atoms with Gasteiger partial charge >= 0.3 is 0 Å². The summed E-state index contributed by atoms with van der Waals surface area (Å²) in [6.45, 7) is 7.73. The number of hydrogen-bond acceptors (Lipinski definition) is 4. The predicted molar refractivity (Wildman–Crippen MR) is 72.8 cm³/mol. The van der Waals surface area contributed by atoms with Crippen LogP contribution in [0.2, 0.25) is 0 Å². The molecule has 2 atom stereocenters. The van der Waals surface area contributed by atoms with Crippen LogP contribution in [0.3, 0.4) is 0 Å². The van der Waals surface area contributed by atoms with E-state index >= 15 is 0 Å². The van der Waals surface area contributed by atoms with Gasteiger partial charge in [-0.15, -0.1) is 0 Å². The van der Waals surface area contributed by atoms with Crippen molar-refractivity contribution in [3.05, 3.63) is 24.3 Å². The first kappa shape index (κ1) is 13.2. The molecule has 0 bridgehead atoms. The third-order valence-corrected chi connectivity index (χ3v) is 3.08. The lowest BCUT2D eigenvalue weighted by Crippen LogP contribution is -2.46. The number of morpholine rings is 1. The fourth-order valence-electron chi connectivity index (χ4n) is 2.36. The molecule has 1 saturated heterocycles. The molecule has 2 N–H and O–H groups in total. The normalized spacial score (nSPS) is 25.0. The average Bonchev–Trinajstić information content (AvgIpc) is 2.30. The van der Waals surface area contributed by atoms with Gasteiger partial charge in [0.15, 0.2) is 0 Å². The van der Waals surface area contributed by atoms with Gasteiger partial charge in [-0.2, -0.15) is 0 Å². The maximum atomic E-state index is 5.83. The molecule has 1 aliphatic heterocycles. The van der Waals surface area contributed by atoms with Gasteiger partial charge < -0.3 is 15.2 Å². The minimum Gasteiger partial charge on any atom is -0.490 e. The van der Waals surface area contributed by atoms with Crippen LogP contribution in [0.15, 0.2) is 24.3 Å². The van der Waals surface area contributed by atoms with Crippen molar-refractivity contribution >= 4 is 5.69 Å². The van der Waals surface area contributed by atoms with E-state index in [4.69, 9.17) is 15.2 Å². The molecule has 0 radical (unpaired) electrons. The molecule has 0 aliphatic carbocycles. The topological polar surface area (TPSA) is 47.7 Å². The predicted octanol–water partition coefficient (Wildman–Crippen LogP) is 1.76. The maximum absolute atomic E-state index is 5.83. The summed E-state index contributed by atoms with van der Waals surface area (Å²) in [6, 6.07) is 7.60. The number of anilines is 1. The van der Waals surface area contributed by atoms with Gasteiger partial charge in [0.2, 0.25) is 0 Å². The van der Waals surface area contributed by atoms with Crippen molar-refractivity contribution in [2.24, 2.45) is 0 Å². The second-order valence-corrected chi connectivity index (χ2v) is 4.90. The fraction of sp³-hybridized carbons (Fsp3) is 0.571. The van der Waals surface area contributed by atoms with Gasteiger partial charge in [-0.05, 0) is 26.0 Å². The van der Waals surface area contributed by atoms with E-state index in [9.17, 15) is 0 Å². The molecule has 0 spiro atoms. The van der Waals surface area contributed by atoms with Crippen molar-refractivity contribution in [3.63, 3.8) is 0 Å². The molecule has 100 valence electrons. The highest BCUT2D eigenvalue weighted by molar-refractivity contribution is 5.51. The Morgan fingerprint density at radius 3 is 2.61 bits per heavy atom. The zero-order chi connectivity index (χ0) is 13.0. The zero-order valence-electron chi connectivity index (χ0n) is 11.1. The molecule has 18 heavy (non-hydrogen) atoms. The Morgan fingerprint density at radius 2 is 1.94 bits per heavy atom. The van der Waals surface area contributed by atoms with Crippen molar-refractivity contribution in [2.45, 2.75) is 26.1 Å². The lowest BCUT2D eigenvalue weighted by molar-refractivity contribution is -0.0699. The van der Waals surface area contributed by atoms with Crippen molar-refractivity contribution in [3.8, 4) is 5.75 Å². The van der Waals surface area contributed by atoms with Crippen LogP contribution in [-0.2, 0) is 4.74 Å². The Kier molecular flexibility index (Phi) is 4.44. The van der Waals surface area contributed by atoms with Crippen LogP contribution < -0.4 is 10.5 Å². The first-order valence-electron chi connectivity index (χ1n) is 6.50. The van der Waals surface area contributed by atoms with Gasteiger partial charge in [0.05, 0.1) is 17.9 Å². The molecule has 0 amide bonds. The van der Waals surface area contributed by atoms with E-state index in [0.717, 1.165) is 25.4 Å². The number of nitrogens with zero attached hydrogens (tertiary/aromatic N) is 1. The summed E-state index contributed by atoms with van der Waals surface area (Å²) in [7, 11) is 0. The van der Waals surface area contributed by atoms with Gasteiger partial charge in [-0.1, -0.05) is 12.1 Å². The molecule has 1 heterocycles. The number of hydrogen-bond donors (Lipinski definition) is 1. The summed E-state index contributed by atoms with van der Waals surface area (Å²) in [5, 5.41) is 0. The molecule has 0 unspecified atom stereocenters. The van der Waals surface area contributed by atoms with Gasteiger partial charge in [0, 0.05) is 19.6 Å². The number of nitrogens with two attached hydrogens (primary N) is 1. The van der Waals surface area contributed by atoms with Crippen LogP contribution in [0.25, 0.3) is 0 Å². The summed E-state index contributed by atoms with van der Waals surface area (Å²) in [5.41, 5.74) is 6.52. The van der Waals surface area contributed by atoms with E-state index in [2.05, 4.69) is 18.7 Å². The molecule has 1 aliphatic rings. The minimum absolute atomic E-state index is 0.301. The highest BCUT2D eigenvalue weighted by Crippen LogP contribution is 2.19. The van der Waals surface area contributed by atoms with Crippen LogP contribution in [0.5, 0.6) is 5.75 Å². The van der Waals surface area contributed by atoms with E-state index in [1.54, 1.807) is 0 Å². The van der Waals surface area contributed by atoms with Crippen LogP contribution >= 0.6 is 0 Å². The Labute approximate surface area is 109 Å². The molecule has 2 rings (SSSR count). The van der Waals surface area contributed by atoms with Gasteiger partial charge in [-0.25, -0.2) is 0 Å². The molecular formula is C14H22N2O2. The molecule has 0 aromatic heterocycles. The number of ether oxygens (including phenoxy) is 2. The maximum Gasteiger partial charge on any atom is 0.142 e. The summed E-state index contributed by atoms with van der Waals surface area (Å²) >= 11 is 0. The van der Waals surface area contributed by atoms with E-state index in [1.165, 1.54) is 0 Å². The molecule has 1 aromatic rings. The van der Waals surface area contributed by atoms with E-state index in [0.29, 0.717) is 24.5 Å². The highest BCUT2D eigenvalue weighted by atomic mass is 16.5. The molecule has 4 nitrogen and oxygen atoms in total. The van der Waals surface area contributed by atoms with Gasteiger partial charge in [0.1, 0.15) is 12.4 Å². The quantitative estimate of drug-likeness (QED) is 0.827. The van der Waals surface area contributed by atoms with E-state index in [1.807, 2.05) is 24.3 Å². The van der Waals surface area contributed by atoms with Crippen LogP contribution in [0.4, 0.5) is 5.69 Å². The van der Waals surface area contributed by atoms with Gasteiger partial charge in [0.25, 0.3) is 0 Å². The van der Waals surface area contributed by atoms with Crippen molar-refractivity contribution in [2.75, 3.05) is 32.0 Å². The van der Waals surface area contributed by atoms with Crippen LogP contribution in [0.1, 0.15) is 13.8 Å². The summed E-state index contributed by atoms with van der Waals surface area (Å²) in [6.07, 6.45) is 0.603. The lowest BCUT2D eigenvalue weighted by atomic mass is 10.2. The minimum atomic E-state index is 0.301. The Hall–Kier alpha value is -1.26. The smallest absolute Gasteiger partial charge is 0.142 e. The van der Waals surface area contributed by atoms with Crippen LogP contribution in [-0.4, -0.2) is 43.3 Å². The Balaban J connectivity index is 1.77. The lowest BCUT2D eigenvalue weighted by Gasteiger charge is -2.35. The number of benzene rings is 1. The first-order valence-corrected chi connectivity index (χ1v) is 6.50. The molecule has 4 heteroatoms. The third kappa shape index (κ3) is 3.62. The second-order valence-electron chi connectivity index (χ2n) is 4.90. The van der Waals surface area contributed by atoms with Crippen LogP contribution in [0, 0.1) is 0 Å². The molecule has 1 fully saturated rings. The Morgan fingerprint density at radius 1 is 1.28 bits per heavy atom. The van der Waals surface area contributed by atoms with Crippen molar-refractivity contribution in [1.82, 2.24) is 4.90 Å². The third-order valence-electron chi connectivity index (χ3n) is 3.08. The zero-order valence-corrected chi connectivity index (χ0v) is 11.1. The monoisotopic (exact) mass is 250 g/mol. The van der Waals surface area contributed by atoms with E-state index < -0.39 is 0 Å². The summed E-state index contributed by atoms with van der Waals surface area (Å²) in [5.74, 6) is 0.770. The van der Waals surface area contributed by atoms with E-state index in [-0.39, 0.29) is 0 Å². The largest absolute Gasteiger partial charge is 0.490 e. The standard InChI is InChI=1S/C14H22N2O2/c1-11-9-16(10-12(2)18-11)7-8-17-14-6-4-3-5-13(14)15/h3-6,11-12H,7-10,15H2,1-2H3/t11-,12+. The summed E-state index contributed by atoms with van der Waals surface area (Å²) < 4.78 is 11.4. The fourth-order valence-corrected chi connectivity index (χ4v) is 2.36. The van der Waals surface area contributed by atoms with Crippen molar-refractivity contribution < 1.29 is 9.47 Å². The van der Waals surface area contributed by atoms with Gasteiger partial charge in [-0.3, -0.25) is 4.90 Å². The number of nitrogen functional groups attached to an aromatic ring is 1. The molecule has 1 aromatic carbocycles. The first-order chi connectivity index (χ1) is 8.65. The Bertz CT molecular complexity index is 374. The van der Waals surface area contributed by atoms with Crippen molar-refractivity contribution in [1.29, 1.82) is 0 Å². The highest BCUT2D eigenvalue weighted by Gasteiger charge is 2.21. The summed E-state index contributed by atoms with van der Waals surface area (Å²) in [4.78, 5) is 2.37. The number of para-hydroxylation sites is 2. The molecule has 0 saturated carbocycles. The molecular weight excluding hydrogens is 228 g/mol. The second kappa shape index (κ2) is 6.07.